The second-order valence-corrected chi connectivity index (χ2v) is 6.11. The van der Waals surface area contributed by atoms with Crippen LogP contribution in [0.1, 0.15) is 20.8 Å². The summed E-state index contributed by atoms with van der Waals surface area (Å²) in [4.78, 5) is 12.8. The van der Waals surface area contributed by atoms with Gasteiger partial charge in [-0.2, -0.15) is 0 Å². The fourth-order valence-electron chi connectivity index (χ4n) is 2.22. The van der Waals surface area contributed by atoms with Crippen molar-refractivity contribution in [1.82, 2.24) is 0 Å². The summed E-state index contributed by atoms with van der Waals surface area (Å²) < 4.78 is 5.59. The van der Waals surface area contributed by atoms with Crippen molar-refractivity contribution in [2.24, 2.45) is 0 Å². The summed E-state index contributed by atoms with van der Waals surface area (Å²) in [6.07, 6.45) is 1.11. The van der Waals surface area contributed by atoms with Gasteiger partial charge in [-0.25, -0.2) is 0 Å². The van der Waals surface area contributed by atoms with Gasteiger partial charge in [0.2, 0.25) is 0 Å². The maximum absolute atomic E-state index is 12.2. The Morgan fingerprint density at radius 2 is 2.21 bits per heavy atom. The molecule has 0 saturated heterocycles. The van der Waals surface area contributed by atoms with Gasteiger partial charge in [0.25, 0.3) is 0 Å². The highest BCUT2D eigenvalue weighted by molar-refractivity contribution is 7.12. The standard InChI is InChI=1S/C14H10Cl2O2S/c15-10-5-8-1-3-18-13(8)9(6-10)7-12(17)14-11(16)2-4-19-14/h2,4-6H,1,3,7H2. The van der Waals surface area contributed by atoms with E-state index in [2.05, 4.69) is 0 Å². The van der Waals surface area contributed by atoms with E-state index in [1.54, 1.807) is 12.1 Å². The van der Waals surface area contributed by atoms with E-state index >= 15 is 0 Å². The number of carbonyl (C=O) groups excluding carboxylic acids is 1. The van der Waals surface area contributed by atoms with Crippen molar-refractivity contribution >= 4 is 40.3 Å². The van der Waals surface area contributed by atoms with Gasteiger partial charge in [0.1, 0.15) is 5.75 Å². The van der Waals surface area contributed by atoms with Crippen LogP contribution in [0.25, 0.3) is 0 Å². The molecule has 0 bridgehead atoms. The van der Waals surface area contributed by atoms with Gasteiger partial charge in [-0.05, 0) is 29.1 Å². The number of fused-ring (bicyclic) bond motifs is 1. The Hall–Kier alpha value is -1.03. The zero-order chi connectivity index (χ0) is 13.4. The second kappa shape index (κ2) is 5.16. The van der Waals surface area contributed by atoms with Gasteiger partial charge < -0.3 is 4.74 Å². The first-order chi connectivity index (χ1) is 9.15. The molecule has 0 spiro atoms. The van der Waals surface area contributed by atoms with Crippen LogP contribution in [0.4, 0.5) is 0 Å². The van der Waals surface area contributed by atoms with Crippen molar-refractivity contribution in [2.75, 3.05) is 6.61 Å². The molecule has 0 atom stereocenters. The van der Waals surface area contributed by atoms with Crippen LogP contribution in [0.15, 0.2) is 23.6 Å². The van der Waals surface area contributed by atoms with Gasteiger partial charge in [0.15, 0.2) is 5.78 Å². The molecule has 0 amide bonds. The number of ketones is 1. The summed E-state index contributed by atoms with van der Waals surface area (Å²) in [7, 11) is 0. The summed E-state index contributed by atoms with van der Waals surface area (Å²) in [5.41, 5.74) is 1.92. The van der Waals surface area contributed by atoms with Crippen LogP contribution in [0.2, 0.25) is 10.0 Å². The predicted octanol–water partition coefficient (Wildman–Crippen LogP) is 4.42. The Morgan fingerprint density at radius 3 is 2.95 bits per heavy atom. The molecule has 1 aromatic heterocycles. The summed E-state index contributed by atoms with van der Waals surface area (Å²) in [6, 6.07) is 5.43. The number of Topliss-reactive ketones (excluding diaryl/α,β-unsaturated/α-hetero) is 1. The van der Waals surface area contributed by atoms with E-state index in [9.17, 15) is 4.79 Å². The number of halogens is 2. The van der Waals surface area contributed by atoms with Crippen LogP contribution in [0.3, 0.4) is 0 Å². The van der Waals surface area contributed by atoms with Crippen LogP contribution in [0.5, 0.6) is 5.75 Å². The maximum Gasteiger partial charge on any atom is 0.178 e. The molecule has 1 aliphatic rings. The second-order valence-electron chi connectivity index (χ2n) is 4.35. The largest absolute Gasteiger partial charge is 0.493 e. The number of carbonyl (C=O) groups is 1. The lowest BCUT2D eigenvalue weighted by Gasteiger charge is -2.08. The predicted molar refractivity (Wildman–Crippen MR) is 78.0 cm³/mol. The summed E-state index contributed by atoms with van der Waals surface area (Å²) in [5, 5.41) is 2.97. The molecule has 2 heterocycles. The lowest BCUT2D eigenvalue weighted by atomic mass is 10.0. The first kappa shape index (κ1) is 13.0. The molecule has 2 aromatic rings. The van der Waals surface area contributed by atoms with Gasteiger partial charge >= 0.3 is 0 Å². The van der Waals surface area contributed by atoms with E-state index in [4.69, 9.17) is 27.9 Å². The third kappa shape index (κ3) is 2.50. The molecule has 0 aliphatic carbocycles. The van der Waals surface area contributed by atoms with Crippen LogP contribution in [-0.4, -0.2) is 12.4 Å². The fourth-order valence-corrected chi connectivity index (χ4v) is 3.59. The van der Waals surface area contributed by atoms with Crippen molar-refractivity contribution in [3.05, 3.63) is 49.6 Å². The van der Waals surface area contributed by atoms with Gasteiger partial charge in [-0.3, -0.25) is 4.79 Å². The molecule has 3 rings (SSSR count). The number of hydrogen-bond donors (Lipinski definition) is 0. The molecule has 0 saturated carbocycles. The van der Waals surface area contributed by atoms with Gasteiger partial charge in [0.05, 0.1) is 16.5 Å². The lowest BCUT2D eigenvalue weighted by Crippen LogP contribution is -2.03. The maximum atomic E-state index is 12.2. The topological polar surface area (TPSA) is 26.3 Å². The molecule has 1 aliphatic heterocycles. The number of thiophene rings is 1. The third-order valence-electron chi connectivity index (χ3n) is 3.05. The molecule has 0 radical (unpaired) electrons. The molecular formula is C14H10Cl2O2S. The number of benzene rings is 1. The van der Waals surface area contributed by atoms with Crippen molar-refractivity contribution in [3.8, 4) is 5.75 Å². The minimum absolute atomic E-state index is 0.0000309. The average Bonchev–Trinajstić information content (AvgIpc) is 2.97. The zero-order valence-corrected chi connectivity index (χ0v) is 12.2. The molecular weight excluding hydrogens is 303 g/mol. The van der Waals surface area contributed by atoms with E-state index in [0.29, 0.717) is 21.5 Å². The Labute approximate surface area is 124 Å². The van der Waals surface area contributed by atoms with Gasteiger partial charge in [-0.15, -0.1) is 11.3 Å². The SMILES string of the molecule is O=C(Cc1cc(Cl)cc2c1OCC2)c1sccc1Cl. The number of ether oxygens (including phenoxy) is 1. The van der Waals surface area contributed by atoms with Gasteiger partial charge in [-0.1, -0.05) is 23.2 Å². The quantitative estimate of drug-likeness (QED) is 0.784. The summed E-state index contributed by atoms with van der Waals surface area (Å²) in [5.74, 6) is 0.811. The van der Waals surface area contributed by atoms with Crippen molar-refractivity contribution in [1.29, 1.82) is 0 Å². The first-order valence-corrected chi connectivity index (χ1v) is 7.49. The first-order valence-electron chi connectivity index (χ1n) is 5.85. The van der Waals surface area contributed by atoms with Crippen molar-refractivity contribution in [3.63, 3.8) is 0 Å². The van der Waals surface area contributed by atoms with Crippen molar-refractivity contribution in [2.45, 2.75) is 12.8 Å². The van der Waals surface area contributed by atoms with E-state index in [1.165, 1.54) is 11.3 Å². The normalized spacial score (nSPS) is 13.2. The highest BCUT2D eigenvalue weighted by atomic mass is 35.5. The van der Waals surface area contributed by atoms with Crippen molar-refractivity contribution < 1.29 is 9.53 Å². The molecule has 5 heteroatoms. The minimum atomic E-state index is -0.0000309. The molecule has 98 valence electrons. The Balaban J connectivity index is 1.92. The third-order valence-corrected chi connectivity index (χ3v) is 4.65. The van der Waals surface area contributed by atoms with Gasteiger partial charge in [0, 0.05) is 23.4 Å². The summed E-state index contributed by atoms with van der Waals surface area (Å²) in [6.45, 7) is 0.649. The highest BCUT2D eigenvalue weighted by Crippen LogP contribution is 2.34. The van der Waals surface area contributed by atoms with Crippen LogP contribution in [-0.2, 0) is 12.8 Å². The Kier molecular flexibility index (Phi) is 3.52. The van der Waals surface area contributed by atoms with Crippen LogP contribution >= 0.6 is 34.5 Å². The van der Waals surface area contributed by atoms with Crippen LogP contribution < -0.4 is 4.74 Å². The van der Waals surface area contributed by atoms with E-state index in [1.807, 2.05) is 11.4 Å². The fraction of sp³-hybridized carbons (Fsp3) is 0.214. The molecule has 2 nitrogen and oxygen atoms in total. The average molecular weight is 313 g/mol. The smallest absolute Gasteiger partial charge is 0.178 e. The van der Waals surface area contributed by atoms with Crippen LogP contribution in [0, 0.1) is 0 Å². The molecule has 19 heavy (non-hydrogen) atoms. The zero-order valence-electron chi connectivity index (χ0n) is 9.91. The Bertz CT molecular complexity index is 649. The summed E-state index contributed by atoms with van der Waals surface area (Å²) >= 11 is 13.4. The number of rotatable bonds is 3. The molecule has 0 unspecified atom stereocenters. The highest BCUT2D eigenvalue weighted by Gasteiger charge is 2.21. The molecule has 0 N–H and O–H groups in total. The minimum Gasteiger partial charge on any atom is -0.493 e. The number of hydrogen-bond acceptors (Lipinski definition) is 3. The molecule has 1 aromatic carbocycles. The lowest BCUT2D eigenvalue weighted by molar-refractivity contribution is 0.0996. The van der Waals surface area contributed by atoms with E-state index in [-0.39, 0.29) is 12.2 Å². The molecule has 0 fully saturated rings. The van der Waals surface area contributed by atoms with E-state index in [0.717, 1.165) is 23.3 Å². The Morgan fingerprint density at radius 1 is 1.37 bits per heavy atom. The monoisotopic (exact) mass is 312 g/mol. The van der Waals surface area contributed by atoms with E-state index < -0.39 is 0 Å².